The van der Waals surface area contributed by atoms with Crippen LogP contribution in [-0.2, 0) is 6.54 Å². The molecule has 134 valence electrons. The van der Waals surface area contributed by atoms with Crippen LogP contribution in [0, 0.1) is 10.1 Å². The third kappa shape index (κ3) is 3.92. The quantitative estimate of drug-likeness (QED) is 0.602. The SMILES string of the molecule is CC1(COc2ccc(OC(F)(F)F)cc2)Cn2nc([N+](=O)[O-])cc2O1. The number of rotatable bonds is 5. The Kier molecular flexibility index (Phi) is 3.93. The normalized spacial score (nSPS) is 19.2. The fourth-order valence-corrected chi connectivity index (χ4v) is 2.32. The smallest absolute Gasteiger partial charge is 0.489 e. The van der Waals surface area contributed by atoms with Crippen molar-refractivity contribution in [3.05, 3.63) is 40.4 Å². The maximum Gasteiger partial charge on any atom is 0.573 e. The van der Waals surface area contributed by atoms with Crippen molar-refractivity contribution in [3.63, 3.8) is 0 Å². The maximum atomic E-state index is 12.1. The van der Waals surface area contributed by atoms with Crippen LogP contribution in [0.4, 0.5) is 19.0 Å². The predicted molar refractivity (Wildman–Crippen MR) is 76.5 cm³/mol. The van der Waals surface area contributed by atoms with Crippen molar-refractivity contribution in [2.24, 2.45) is 0 Å². The molecular formula is C14H12F3N3O5. The Bertz CT molecular complexity index is 765. The van der Waals surface area contributed by atoms with Gasteiger partial charge in [0.1, 0.15) is 30.7 Å². The van der Waals surface area contributed by atoms with Gasteiger partial charge in [0.25, 0.3) is 0 Å². The number of fused-ring (bicyclic) bond motifs is 1. The summed E-state index contributed by atoms with van der Waals surface area (Å²) in [5.41, 5.74) is -0.807. The Morgan fingerprint density at radius 3 is 2.56 bits per heavy atom. The van der Waals surface area contributed by atoms with Gasteiger partial charge in [0.15, 0.2) is 5.60 Å². The van der Waals surface area contributed by atoms with E-state index in [1.54, 1.807) is 6.92 Å². The van der Waals surface area contributed by atoms with E-state index in [1.165, 1.54) is 22.9 Å². The number of alkyl halides is 3. The molecule has 2 heterocycles. The van der Waals surface area contributed by atoms with Gasteiger partial charge in [0.2, 0.25) is 5.88 Å². The van der Waals surface area contributed by atoms with Crippen molar-refractivity contribution in [1.29, 1.82) is 0 Å². The molecule has 2 aromatic rings. The van der Waals surface area contributed by atoms with Crippen LogP contribution in [0.1, 0.15) is 6.92 Å². The van der Waals surface area contributed by atoms with Crippen molar-refractivity contribution in [3.8, 4) is 17.4 Å². The first-order chi connectivity index (χ1) is 11.6. The largest absolute Gasteiger partial charge is 0.573 e. The van der Waals surface area contributed by atoms with Gasteiger partial charge in [-0.15, -0.1) is 17.9 Å². The molecule has 1 aromatic heterocycles. The van der Waals surface area contributed by atoms with Crippen LogP contribution in [-0.4, -0.2) is 33.3 Å². The third-order valence-electron chi connectivity index (χ3n) is 3.35. The van der Waals surface area contributed by atoms with Gasteiger partial charge >= 0.3 is 12.2 Å². The molecule has 8 nitrogen and oxygen atoms in total. The van der Waals surface area contributed by atoms with Gasteiger partial charge in [0.05, 0.1) is 5.10 Å². The number of nitro groups is 1. The van der Waals surface area contributed by atoms with E-state index in [1.807, 2.05) is 0 Å². The summed E-state index contributed by atoms with van der Waals surface area (Å²) in [6.07, 6.45) is -4.75. The van der Waals surface area contributed by atoms with E-state index in [0.29, 0.717) is 5.75 Å². The van der Waals surface area contributed by atoms with Gasteiger partial charge < -0.3 is 24.3 Å². The average molecular weight is 359 g/mol. The third-order valence-corrected chi connectivity index (χ3v) is 3.35. The monoisotopic (exact) mass is 359 g/mol. The van der Waals surface area contributed by atoms with Crippen LogP contribution >= 0.6 is 0 Å². The van der Waals surface area contributed by atoms with Gasteiger partial charge in [-0.3, -0.25) is 0 Å². The second kappa shape index (κ2) is 5.83. The molecule has 0 spiro atoms. The van der Waals surface area contributed by atoms with E-state index in [-0.39, 0.29) is 30.6 Å². The summed E-state index contributed by atoms with van der Waals surface area (Å²) in [7, 11) is 0. The number of ether oxygens (including phenoxy) is 3. The second-order valence-corrected chi connectivity index (χ2v) is 5.62. The summed E-state index contributed by atoms with van der Waals surface area (Å²) in [6, 6.07) is 6.16. The lowest BCUT2D eigenvalue weighted by Gasteiger charge is -2.22. The standard InChI is InChI=1S/C14H12F3N3O5/c1-13(7-19-12(25-13)6-11(18-19)20(21)22)8-23-9-2-4-10(5-3-9)24-14(15,16)17/h2-6H,7-8H2,1H3. The van der Waals surface area contributed by atoms with E-state index in [0.717, 1.165) is 12.1 Å². The Labute approximate surface area is 138 Å². The van der Waals surface area contributed by atoms with Crippen molar-refractivity contribution in [2.45, 2.75) is 25.4 Å². The van der Waals surface area contributed by atoms with E-state index in [9.17, 15) is 23.3 Å². The number of nitrogens with zero attached hydrogens (tertiary/aromatic N) is 3. The molecule has 0 saturated carbocycles. The highest BCUT2D eigenvalue weighted by Crippen LogP contribution is 2.32. The van der Waals surface area contributed by atoms with Gasteiger partial charge in [-0.05, 0) is 36.1 Å². The van der Waals surface area contributed by atoms with Crippen LogP contribution in [0.2, 0.25) is 0 Å². The molecule has 1 aliphatic heterocycles. The Balaban J connectivity index is 1.58. The van der Waals surface area contributed by atoms with E-state index >= 15 is 0 Å². The minimum atomic E-state index is -4.75. The van der Waals surface area contributed by atoms with E-state index < -0.39 is 16.9 Å². The Hall–Kier alpha value is -2.98. The molecule has 0 radical (unpaired) electrons. The van der Waals surface area contributed by atoms with Crippen LogP contribution < -0.4 is 14.2 Å². The molecule has 3 rings (SSSR count). The first-order valence-corrected chi connectivity index (χ1v) is 7.03. The van der Waals surface area contributed by atoms with E-state index in [2.05, 4.69) is 9.84 Å². The topological polar surface area (TPSA) is 88.7 Å². The number of halogens is 3. The predicted octanol–water partition coefficient (Wildman–Crippen LogP) is 2.92. The zero-order valence-corrected chi connectivity index (χ0v) is 12.8. The van der Waals surface area contributed by atoms with Gasteiger partial charge in [0, 0.05) is 0 Å². The van der Waals surface area contributed by atoms with Crippen LogP contribution in [0.3, 0.4) is 0 Å². The van der Waals surface area contributed by atoms with Gasteiger partial charge in [-0.2, -0.15) is 0 Å². The summed E-state index contributed by atoms with van der Waals surface area (Å²) in [5, 5.41) is 14.5. The molecular weight excluding hydrogens is 347 g/mol. The Morgan fingerprint density at radius 1 is 1.36 bits per heavy atom. The summed E-state index contributed by atoms with van der Waals surface area (Å²) in [6.45, 7) is 2.05. The lowest BCUT2D eigenvalue weighted by atomic mass is 10.1. The number of hydrogen-bond donors (Lipinski definition) is 0. The van der Waals surface area contributed by atoms with Crippen molar-refractivity contribution < 1.29 is 32.3 Å². The highest BCUT2D eigenvalue weighted by atomic mass is 19.4. The van der Waals surface area contributed by atoms with Crippen molar-refractivity contribution >= 4 is 5.82 Å². The number of hydrogen-bond acceptors (Lipinski definition) is 6. The highest BCUT2D eigenvalue weighted by Gasteiger charge is 2.40. The summed E-state index contributed by atoms with van der Waals surface area (Å²) in [4.78, 5) is 10.0. The summed E-state index contributed by atoms with van der Waals surface area (Å²) >= 11 is 0. The first-order valence-electron chi connectivity index (χ1n) is 7.03. The molecule has 25 heavy (non-hydrogen) atoms. The molecule has 1 aromatic carbocycles. The summed E-state index contributed by atoms with van der Waals surface area (Å²) in [5.74, 6) is -0.0737. The fourth-order valence-electron chi connectivity index (χ4n) is 2.32. The molecule has 0 amide bonds. The number of benzene rings is 1. The molecule has 0 N–H and O–H groups in total. The van der Waals surface area contributed by atoms with Crippen molar-refractivity contribution in [2.75, 3.05) is 6.61 Å². The minimum Gasteiger partial charge on any atom is -0.489 e. The van der Waals surface area contributed by atoms with Gasteiger partial charge in [-0.1, -0.05) is 0 Å². The highest BCUT2D eigenvalue weighted by molar-refractivity contribution is 5.32. The second-order valence-electron chi connectivity index (χ2n) is 5.62. The molecule has 11 heteroatoms. The molecule has 0 fully saturated rings. The molecule has 1 atom stereocenters. The first kappa shape index (κ1) is 16.9. The molecule has 1 aliphatic rings. The molecule has 1 unspecified atom stereocenters. The van der Waals surface area contributed by atoms with Crippen LogP contribution in [0.25, 0.3) is 0 Å². The fraction of sp³-hybridized carbons (Fsp3) is 0.357. The average Bonchev–Trinajstić information content (AvgIpc) is 3.00. The molecule has 0 bridgehead atoms. The number of aromatic nitrogens is 2. The van der Waals surface area contributed by atoms with Gasteiger partial charge in [-0.25, -0.2) is 0 Å². The maximum absolute atomic E-state index is 12.1. The van der Waals surface area contributed by atoms with Crippen LogP contribution in [0.5, 0.6) is 17.4 Å². The molecule has 0 saturated heterocycles. The Morgan fingerprint density at radius 2 is 2.00 bits per heavy atom. The lowest BCUT2D eigenvalue weighted by molar-refractivity contribution is -0.389. The van der Waals surface area contributed by atoms with Crippen molar-refractivity contribution in [1.82, 2.24) is 9.78 Å². The zero-order valence-electron chi connectivity index (χ0n) is 12.8. The lowest BCUT2D eigenvalue weighted by Crippen LogP contribution is -2.38. The minimum absolute atomic E-state index is 0.0730. The zero-order chi connectivity index (χ0) is 18.2. The van der Waals surface area contributed by atoms with E-state index in [4.69, 9.17) is 9.47 Å². The molecule has 0 aliphatic carbocycles. The van der Waals surface area contributed by atoms with Crippen LogP contribution in [0.15, 0.2) is 30.3 Å². The summed E-state index contributed by atoms with van der Waals surface area (Å²) < 4.78 is 52.6.